The van der Waals surface area contributed by atoms with Gasteiger partial charge in [0.05, 0.1) is 23.0 Å². The van der Waals surface area contributed by atoms with Crippen molar-refractivity contribution in [3.63, 3.8) is 0 Å². The Kier molecular flexibility index (Phi) is 7.39. The van der Waals surface area contributed by atoms with Gasteiger partial charge in [0.15, 0.2) is 0 Å². The van der Waals surface area contributed by atoms with E-state index in [0.717, 1.165) is 48.6 Å². The van der Waals surface area contributed by atoms with Crippen molar-refractivity contribution in [1.29, 1.82) is 0 Å². The molecule has 1 aromatic heterocycles. The van der Waals surface area contributed by atoms with Gasteiger partial charge in [0, 0.05) is 17.6 Å². The van der Waals surface area contributed by atoms with Crippen LogP contribution in [-0.2, 0) is 9.53 Å². The van der Waals surface area contributed by atoms with Gasteiger partial charge < -0.3 is 15.4 Å². The summed E-state index contributed by atoms with van der Waals surface area (Å²) >= 11 is 0.891. The molecule has 184 valence electrons. The van der Waals surface area contributed by atoms with E-state index in [1.807, 2.05) is 45.0 Å². The molecular weight excluding hydrogens is 466 g/mol. The molecule has 1 aliphatic heterocycles. The highest BCUT2D eigenvalue weighted by atomic mass is 32.2. The lowest BCUT2D eigenvalue weighted by molar-refractivity contribution is -0.115. The Hall–Kier alpha value is -3.40. The normalized spacial score (nSPS) is 21.5. The summed E-state index contributed by atoms with van der Waals surface area (Å²) in [5.74, 6) is 0.304. The molecule has 1 saturated heterocycles. The lowest BCUT2D eigenvalue weighted by Gasteiger charge is -2.30. The zero-order valence-electron chi connectivity index (χ0n) is 20.0. The summed E-state index contributed by atoms with van der Waals surface area (Å²) < 4.78 is 5.35. The number of nitrogens with one attached hydrogen (secondary N) is 3. The predicted octanol–water partition coefficient (Wildman–Crippen LogP) is 4.72. The number of alkyl carbamates (subject to hydrolysis) is 1. The Morgan fingerprint density at radius 2 is 1.89 bits per heavy atom. The molecule has 4 rings (SSSR count). The molecular formula is C25H29N5O4S. The largest absolute Gasteiger partial charge is 0.444 e. The quantitative estimate of drug-likeness (QED) is 0.510. The molecule has 0 radical (unpaired) electrons. The van der Waals surface area contributed by atoms with Crippen molar-refractivity contribution in [2.24, 2.45) is 0 Å². The van der Waals surface area contributed by atoms with Gasteiger partial charge in [0.2, 0.25) is 0 Å². The number of rotatable bonds is 5. The zero-order valence-corrected chi connectivity index (χ0v) is 20.8. The van der Waals surface area contributed by atoms with Crippen LogP contribution >= 0.6 is 11.8 Å². The predicted molar refractivity (Wildman–Crippen MR) is 136 cm³/mol. The van der Waals surface area contributed by atoms with E-state index < -0.39 is 5.60 Å². The first kappa shape index (κ1) is 24.7. The SMILES string of the molecule is CC(C)(C)OC(=O)NC1CCC(Nc2cncc(-c3cccc(/C=C4\SC(=O)NC4=O)c3)n2)CC1. The number of benzene rings is 1. The molecule has 0 unspecified atom stereocenters. The molecule has 9 nitrogen and oxygen atoms in total. The smallest absolute Gasteiger partial charge is 0.407 e. The second-order valence-corrected chi connectivity index (χ2v) is 10.6. The van der Waals surface area contributed by atoms with Crippen molar-refractivity contribution < 1.29 is 19.1 Å². The van der Waals surface area contributed by atoms with Gasteiger partial charge in [0.25, 0.3) is 11.1 Å². The minimum absolute atomic E-state index is 0.104. The Balaban J connectivity index is 1.36. The van der Waals surface area contributed by atoms with Crippen LogP contribution in [0.15, 0.2) is 41.6 Å². The number of amides is 3. The fourth-order valence-electron chi connectivity index (χ4n) is 4.00. The average molecular weight is 496 g/mol. The van der Waals surface area contributed by atoms with Crippen molar-refractivity contribution in [2.75, 3.05) is 5.32 Å². The van der Waals surface area contributed by atoms with Crippen molar-refractivity contribution in [1.82, 2.24) is 20.6 Å². The molecule has 0 atom stereocenters. The summed E-state index contributed by atoms with van der Waals surface area (Å²) in [6.45, 7) is 5.56. The van der Waals surface area contributed by atoms with Crippen LogP contribution in [0.5, 0.6) is 0 Å². The number of anilines is 1. The van der Waals surface area contributed by atoms with Crippen molar-refractivity contribution >= 4 is 40.9 Å². The summed E-state index contributed by atoms with van der Waals surface area (Å²) in [7, 11) is 0. The Morgan fingerprint density at radius 1 is 1.14 bits per heavy atom. The zero-order chi connectivity index (χ0) is 25.0. The van der Waals surface area contributed by atoms with Gasteiger partial charge in [-0.25, -0.2) is 9.78 Å². The summed E-state index contributed by atoms with van der Waals surface area (Å²) in [6, 6.07) is 7.92. The third-order valence-corrected chi connectivity index (χ3v) is 6.37. The van der Waals surface area contributed by atoms with E-state index in [0.29, 0.717) is 16.4 Å². The molecule has 1 saturated carbocycles. The molecule has 1 aliphatic carbocycles. The standard InChI is InChI=1S/C25H29N5O4S/c1-25(2,3)34-23(32)28-18-9-7-17(8-10-18)27-21-14-26-13-19(29-21)16-6-4-5-15(11-16)12-20-22(31)30-24(33)35-20/h4-6,11-14,17-18H,7-10H2,1-3H3,(H,27,29)(H,28,32)(H,30,31,33)/b20-12-. The number of hydrogen-bond acceptors (Lipinski definition) is 8. The second-order valence-electron chi connectivity index (χ2n) is 9.61. The molecule has 3 N–H and O–H groups in total. The minimum Gasteiger partial charge on any atom is -0.444 e. The van der Waals surface area contributed by atoms with Crippen molar-refractivity contribution in [3.05, 3.63) is 47.1 Å². The highest BCUT2D eigenvalue weighted by Gasteiger charge is 2.26. The van der Waals surface area contributed by atoms with Crippen LogP contribution in [0.1, 0.15) is 52.0 Å². The van der Waals surface area contributed by atoms with E-state index in [2.05, 4.69) is 20.9 Å². The van der Waals surface area contributed by atoms with Crippen LogP contribution in [-0.4, -0.2) is 44.9 Å². The van der Waals surface area contributed by atoms with Crippen LogP contribution in [0.4, 0.5) is 15.4 Å². The maximum Gasteiger partial charge on any atom is 0.407 e. The van der Waals surface area contributed by atoms with Crippen molar-refractivity contribution in [2.45, 2.75) is 64.1 Å². The lowest BCUT2D eigenvalue weighted by atomic mass is 9.91. The summed E-state index contributed by atoms with van der Waals surface area (Å²) in [4.78, 5) is 44.7. The fraction of sp³-hybridized carbons (Fsp3) is 0.400. The summed E-state index contributed by atoms with van der Waals surface area (Å²) in [5, 5.41) is 8.32. The van der Waals surface area contributed by atoms with Crippen LogP contribution in [0, 0.1) is 0 Å². The highest BCUT2D eigenvalue weighted by Crippen LogP contribution is 2.28. The molecule has 35 heavy (non-hydrogen) atoms. The Morgan fingerprint density at radius 3 is 2.57 bits per heavy atom. The van der Waals surface area contributed by atoms with E-state index in [9.17, 15) is 14.4 Å². The Bertz CT molecular complexity index is 1150. The van der Waals surface area contributed by atoms with E-state index in [1.165, 1.54) is 0 Å². The fourth-order valence-corrected chi connectivity index (χ4v) is 4.68. The van der Waals surface area contributed by atoms with Gasteiger partial charge in [-0.05, 0) is 75.9 Å². The van der Waals surface area contributed by atoms with Gasteiger partial charge in [-0.3, -0.25) is 19.9 Å². The van der Waals surface area contributed by atoms with Gasteiger partial charge in [-0.15, -0.1) is 0 Å². The van der Waals surface area contributed by atoms with Gasteiger partial charge in [-0.2, -0.15) is 0 Å². The van der Waals surface area contributed by atoms with Gasteiger partial charge >= 0.3 is 6.09 Å². The molecule has 10 heteroatoms. The number of aromatic nitrogens is 2. The van der Waals surface area contributed by atoms with E-state index in [1.54, 1.807) is 18.5 Å². The van der Waals surface area contributed by atoms with E-state index in [-0.39, 0.29) is 29.3 Å². The number of ether oxygens (including phenoxy) is 1. The van der Waals surface area contributed by atoms with Crippen LogP contribution in [0.2, 0.25) is 0 Å². The first-order valence-electron chi connectivity index (χ1n) is 11.6. The summed E-state index contributed by atoms with van der Waals surface area (Å²) in [5.41, 5.74) is 1.85. The molecule has 0 bridgehead atoms. The second kappa shape index (κ2) is 10.5. The number of thioether (sulfide) groups is 1. The first-order valence-corrected chi connectivity index (χ1v) is 12.4. The van der Waals surface area contributed by atoms with Crippen LogP contribution < -0.4 is 16.0 Å². The third-order valence-electron chi connectivity index (χ3n) is 5.56. The average Bonchev–Trinajstić information content (AvgIpc) is 3.10. The number of nitrogens with zero attached hydrogens (tertiary/aromatic N) is 2. The summed E-state index contributed by atoms with van der Waals surface area (Å²) in [6.07, 6.45) is 8.22. The van der Waals surface area contributed by atoms with Crippen molar-refractivity contribution in [3.8, 4) is 11.3 Å². The number of hydrogen-bond donors (Lipinski definition) is 3. The lowest BCUT2D eigenvalue weighted by Crippen LogP contribution is -2.42. The highest BCUT2D eigenvalue weighted by molar-refractivity contribution is 8.18. The molecule has 3 amide bonds. The molecule has 2 aromatic rings. The molecule has 1 aromatic carbocycles. The minimum atomic E-state index is -0.508. The third kappa shape index (κ3) is 7.05. The molecule has 2 fully saturated rings. The topological polar surface area (TPSA) is 122 Å². The Labute approximate surface area is 208 Å². The van der Waals surface area contributed by atoms with E-state index in [4.69, 9.17) is 9.72 Å². The molecule has 0 spiro atoms. The molecule has 2 aliphatic rings. The maximum absolute atomic E-state index is 12.0. The van der Waals surface area contributed by atoms with Crippen LogP contribution in [0.3, 0.4) is 0 Å². The number of carbonyl (C=O) groups excluding carboxylic acids is 3. The first-order chi connectivity index (χ1) is 16.6. The van der Waals surface area contributed by atoms with Crippen LogP contribution in [0.25, 0.3) is 17.3 Å². The maximum atomic E-state index is 12.0. The number of imide groups is 1. The number of carbonyl (C=O) groups is 3. The van der Waals surface area contributed by atoms with Gasteiger partial charge in [0.1, 0.15) is 11.4 Å². The molecule has 2 heterocycles. The van der Waals surface area contributed by atoms with E-state index >= 15 is 0 Å². The van der Waals surface area contributed by atoms with Gasteiger partial charge in [-0.1, -0.05) is 18.2 Å². The monoisotopic (exact) mass is 495 g/mol.